The van der Waals surface area contributed by atoms with Crippen LogP contribution in [0.3, 0.4) is 0 Å². The summed E-state index contributed by atoms with van der Waals surface area (Å²) in [7, 11) is 0. The zero-order chi connectivity index (χ0) is 55.6. The molecule has 0 radical (unpaired) electrons. The molecule has 3 aromatic rings. The predicted molar refractivity (Wildman–Crippen MR) is 284 cm³/mol. The first kappa shape index (κ1) is 65.6. The van der Waals surface area contributed by atoms with Gasteiger partial charge in [-0.25, -0.2) is 19.6 Å². The maximum absolute atomic E-state index is 13.2. The van der Waals surface area contributed by atoms with Crippen molar-refractivity contribution >= 4 is 11.9 Å². The number of carbonyl (C=O) groups excluding carboxylic acids is 2. The lowest BCUT2D eigenvalue weighted by Crippen LogP contribution is -2.42. The Morgan fingerprint density at radius 2 is 1.04 bits per heavy atom. The lowest BCUT2D eigenvalue weighted by molar-refractivity contribution is -0.234. The topological polar surface area (TPSA) is 125 Å². The van der Waals surface area contributed by atoms with Crippen molar-refractivity contribution in [2.24, 2.45) is 5.92 Å². The highest BCUT2D eigenvalue weighted by atomic mass is 19.4. The van der Waals surface area contributed by atoms with E-state index in [2.05, 4.69) is 35.9 Å². The summed E-state index contributed by atoms with van der Waals surface area (Å²) < 4.78 is 116. The standard InChI is InChI=1S/C31H49F3O4.C28H39F3N2O5/c1-4-6-8-9-10-11-13-25-14-16-26(17-15-25)27-18-20-28(21-19-27)37-23-24(3)38-30(35)29(31(32,33)34)36-22-12-7-5-2;1-4-6-8-9-13-16-35-24-15-11-10-14-22(24)23-18-33-25(19-32-23)37-20-21(3)38-27(34)26(28(29,30)31)36-17-12-7-5-2/h18-21,24-26,29H,4-17,22-23H2,1-3H3;10-11,14-15,18-19,21,26H,4-9,12-13,16-17,20H2,1-3H3. The molecule has 1 aromatic heterocycles. The van der Waals surface area contributed by atoms with E-state index in [4.69, 9.17) is 33.2 Å². The van der Waals surface area contributed by atoms with Gasteiger partial charge in [0.2, 0.25) is 5.88 Å². The van der Waals surface area contributed by atoms with Crippen LogP contribution in [-0.4, -0.2) is 91.7 Å². The van der Waals surface area contributed by atoms with Gasteiger partial charge < -0.3 is 33.2 Å². The minimum atomic E-state index is -4.86. The van der Waals surface area contributed by atoms with Crippen LogP contribution in [0.15, 0.2) is 60.9 Å². The van der Waals surface area contributed by atoms with E-state index < -0.39 is 48.7 Å². The smallest absolute Gasteiger partial charge is 0.425 e. The number of rotatable bonds is 36. The van der Waals surface area contributed by atoms with Crippen LogP contribution in [0.2, 0.25) is 0 Å². The Bertz CT molecular complexity index is 1980. The molecule has 0 N–H and O–H groups in total. The second-order valence-corrected chi connectivity index (χ2v) is 20.0. The van der Waals surface area contributed by atoms with E-state index >= 15 is 0 Å². The molecule has 1 heterocycles. The Hall–Kier alpha value is -4.64. The highest BCUT2D eigenvalue weighted by Crippen LogP contribution is 2.38. The number of alkyl halides is 6. The predicted octanol–water partition coefficient (Wildman–Crippen LogP) is 16.1. The molecular weight excluding hydrogens is 995 g/mol. The van der Waals surface area contributed by atoms with Crippen LogP contribution in [-0.2, 0) is 28.5 Å². The Balaban J connectivity index is 0.000000400. The van der Waals surface area contributed by atoms with Crippen molar-refractivity contribution in [1.82, 2.24) is 9.97 Å². The third kappa shape index (κ3) is 26.6. The second-order valence-electron chi connectivity index (χ2n) is 20.0. The van der Waals surface area contributed by atoms with E-state index in [0.29, 0.717) is 49.0 Å². The maximum Gasteiger partial charge on any atom is 0.425 e. The van der Waals surface area contributed by atoms with E-state index in [1.54, 1.807) is 0 Å². The first-order chi connectivity index (χ1) is 36.5. The summed E-state index contributed by atoms with van der Waals surface area (Å²) in [5.74, 6) is -0.0151. The Labute approximate surface area is 449 Å². The molecule has 1 saturated carbocycles. The van der Waals surface area contributed by atoms with Gasteiger partial charge in [0.15, 0.2) is 0 Å². The van der Waals surface area contributed by atoms with Crippen LogP contribution < -0.4 is 14.2 Å². The van der Waals surface area contributed by atoms with Crippen molar-refractivity contribution in [3.05, 3.63) is 66.5 Å². The van der Waals surface area contributed by atoms with Crippen molar-refractivity contribution in [3.63, 3.8) is 0 Å². The number of unbranched alkanes of at least 4 members (excludes halogenated alkanes) is 13. The van der Waals surface area contributed by atoms with Gasteiger partial charge >= 0.3 is 24.3 Å². The lowest BCUT2D eigenvalue weighted by atomic mass is 9.77. The Morgan fingerprint density at radius 1 is 0.553 bits per heavy atom. The van der Waals surface area contributed by atoms with Gasteiger partial charge in [-0.2, -0.15) is 26.3 Å². The van der Waals surface area contributed by atoms with Gasteiger partial charge in [0.05, 0.1) is 24.7 Å². The van der Waals surface area contributed by atoms with Gasteiger partial charge in [0.1, 0.15) is 36.9 Å². The molecule has 1 aliphatic rings. The number of hydrogen-bond acceptors (Lipinski definition) is 11. The molecule has 4 atom stereocenters. The molecule has 430 valence electrons. The number of carbonyl (C=O) groups is 2. The number of benzene rings is 2. The number of esters is 2. The molecule has 0 bridgehead atoms. The quantitative estimate of drug-likeness (QED) is 0.0314. The number of ether oxygens (including phenoxy) is 7. The summed E-state index contributed by atoms with van der Waals surface area (Å²) in [6.07, 6.45) is 10.5. The maximum atomic E-state index is 13.2. The molecule has 17 heteroatoms. The van der Waals surface area contributed by atoms with Crippen LogP contribution in [0.1, 0.15) is 194 Å². The molecule has 76 heavy (non-hydrogen) atoms. The van der Waals surface area contributed by atoms with E-state index in [9.17, 15) is 35.9 Å². The highest BCUT2D eigenvalue weighted by Gasteiger charge is 2.48. The first-order valence-corrected chi connectivity index (χ1v) is 28.2. The fourth-order valence-corrected chi connectivity index (χ4v) is 8.76. The Kier molecular flexibility index (Phi) is 32.2. The number of halogens is 6. The highest BCUT2D eigenvalue weighted by molar-refractivity contribution is 5.76. The van der Waals surface area contributed by atoms with Crippen LogP contribution >= 0.6 is 0 Å². The largest absolute Gasteiger partial charge is 0.493 e. The van der Waals surface area contributed by atoms with Crippen molar-refractivity contribution in [3.8, 4) is 28.6 Å². The van der Waals surface area contributed by atoms with Crippen molar-refractivity contribution < 1.29 is 69.1 Å². The fraction of sp³-hybridized carbons (Fsp3) is 0.695. The molecule has 0 amide bonds. The molecule has 4 unspecified atom stereocenters. The summed E-state index contributed by atoms with van der Waals surface area (Å²) in [5.41, 5.74) is 2.69. The Morgan fingerprint density at radius 3 is 1.57 bits per heavy atom. The van der Waals surface area contributed by atoms with Crippen LogP contribution in [0, 0.1) is 5.92 Å². The summed E-state index contributed by atoms with van der Waals surface area (Å²) in [6.45, 7) is 11.3. The van der Waals surface area contributed by atoms with E-state index in [1.807, 2.05) is 50.2 Å². The number of para-hydroxylation sites is 1. The van der Waals surface area contributed by atoms with Gasteiger partial charge in [0, 0.05) is 18.8 Å². The molecule has 0 saturated heterocycles. The van der Waals surface area contributed by atoms with Crippen LogP contribution in [0.4, 0.5) is 26.3 Å². The average molecular weight is 1080 g/mol. The number of aromatic nitrogens is 2. The minimum Gasteiger partial charge on any atom is -0.493 e. The van der Waals surface area contributed by atoms with Crippen LogP contribution in [0.5, 0.6) is 17.4 Å². The van der Waals surface area contributed by atoms with Crippen molar-refractivity contribution in [2.75, 3.05) is 33.0 Å². The first-order valence-electron chi connectivity index (χ1n) is 28.2. The summed E-state index contributed by atoms with van der Waals surface area (Å²) in [6, 6.07) is 15.5. The number of nitrogens with zero attached hydrogens (tertiary/aromatic N) is 2. The van der Waals surface area contributed by atoms with E-state index in [-0.39, 0.29) is 32.3 Å². The average Bonchev–Trinajstić information content (AvgIpc) is 3.39. The molecule has 0 aliphatic heterocycles. The molecule has 2 aromatic carbocycles. The molecule has 0 spiro atoms. The second kappa shape index (κ2) is 37.2. The SMILES string of the molecule is CCCCCCCCC1CCC(c2ccc(OCC(C)OC(=O)C(OCCCCC)C(F)(F)F)cc2)CC1.CCCCCCCOc1ccccc1-c1cnc(OCC(C)OC(=O)C(OCCCCC)C(F)(F)F)cn1. The molecule has 1 fully saturated rings. The van der Waals surface area contributed by atoms with Crippen LogP contribution in [0.25, 0.3) is 11.3 Å². The third-order valence-electron chi connectivity index (χ3n) is 13.1. The van der Waals surface area contributed by atoms with Gasteiger partial charge in [-0.1, -0.05) is 148 Å². The van der Waals surface area contributed by atoms with Gasteiger partial charge in [-0.3, -0.25) is 0 Å². The van der Waals surface area contributed by atoms with Crippen molar-refractivity contribution in [1.29, 1.82) is 0 Å². The minimum absolute atomic E-state index is 0.0327. The van der Waals surface area contributed by atoms with Gasteiger partial charge in [0.25, 0.3) is 12.2 Å². The number of hydrogen-bond donors (Lipinski definition) is 0. The molecular formula is C59H88F6N2O9. The summed E-state index contributed by atoms with van der Waals surface area (Å²) in [4.78, 5) is 32.8. The van der Waals surface area contributed by atoms with Crippen molar-refractivity contribution in [2.45, 2.75) is 225 Å². The van der Waals surface area contributed by atoms with Gasteiger partial charge in [-0.15, -0.1) is 0 Å². The fourth-order valence-electron chi connectivity index (χ4n) is 8.76. The molecule has 1 aliphatic carbocycles. The zero-order valence-electron chi connectivity index (χ0n) is 46.2. The monoisotopic (exact) mass is 1080 g/mol. The molecule has 4 rings (SSSR count). The normalized spacial score (nSPS) is 16.4. The van der Waals surface area contributed by atoms with E-state index in [1.165, 1.54) is 122 Å². The molecule has 11 nitrogen and oxygen atoms in total. The summed E-state index contributed by atoms with van der Waals surface area (Å²) >= 11 is 0. The zero-order valence-corrected chi connectivity index (χ0v) is 46.2. The summed E-state index contributed by atoms with van der Waals surface area (Å²) in [5, 5.41) is 0. The third-order valence-corrected chi connectivity index (χ3v) is 13.1. The lowest BCUT2D eigenvalue weighted by Gasteiger charge is -2.29. The van der Waals surface area contributed by atoms with Gasteiger partial charge in [-0.05, 0) is 100 Å². The van der Waals surface area contributed by atoms with E-state index in [0.717, 1.165) is 43.6 Å².